The van der Waals surface area contributed by atoms with E-state index in [1.54, 1.807) is 6.92 Å². The molecule has 0 fully saturated rings. The van der Waals surface area contributed by atoms with Crippen LogP contribution in [0, 0.1) is 0 Å². The van der Waals surface area contributed by atoms with E-state index in [-0.39, 0.29) is 6.42 Å². The van der Waals surface area contributed by atoms with Gasteiger partial charge in [0, 0.05) is 0 Å². The second-order valence-electron chi connectivity index (χ2n) is 3.62. The fourth-order valence-corrected chi connectivity index (χ4v) is 1.40. The monoisotopic (exact) mass is 232 g/mol. The highest BCUT2D eigenvalue weighted by Crippen LogP contribution is 2.31. The second-order valence-corrected chi connectivity index (χ2v) is 3.62. The largest absolute Gasteiger partial charge is 0.481 e. The van der Waals surface area contributed by atoms with Crippen LogP contribution in [0.2, 0.25) is 0 Å². The molecule has 88 valence electrons. The molecule has 0 radical (unpaired) electrons. The number of benzene rings is 1. The van der Waals surface area contributed by atoms with Crippen LogP contribution >= 0.6 is 0 Å². The first-order chi connectivity index (χ1) is 7.30. The Labute approximate surface area is 90.7 Å². The summed E-state index contributed by atoms with van der Waals surface area (Å²) in [4.78, 5) is 10.4. The molecule has 1 N–H and O–H groups in total. The van der Waals surface area contributed by atoms with Crippen LogP contribution in [0.15, 0.2) is 24.3 Å². The van der Waals surface area contributed by atoms with Crippen molar-refractivity contribution >= 4 is 5.97 Å². The van der Waals surface area contributed by atoms with Gasteiger partial charge < -0.3 is 5.11 Å². The topological polar surface area (TPSA) is 37.3 Å². The maximum atomic E-state index is 12.4. The Hall–Kier alpha value is -1.52. The number of aliphatic carboxylic acids is 1. The molecule has 0 saturated carbocycles. The summed E-state index contributed by atoms with van der Waals surface area (Å²) in [6, 6.07) is 4.75. The summed E-state index contributed by atoms with van der Waals surface area (Å²) in [6.07, 6.45) is -4.57. The maximum Gasteiger partial charge on any atom is 0.416 e. The molecule has 0 amide bonds. The number of hydrogen-bond donors (Lipinski definition) is 1. The molecule has 0 spiro atoms. The number of carboxylic acids is 1. The molecule has 1 rings (SSSR count). The lowest BCUT2D eigenvalue weighted by atomic mass is 9.96. The summed E-state index contributed by atoms with van der Waals surface area (Å²) in [5.41, 5.74) is -0.362. The van der Waals surface area contributed by atoms with E-state index in [2.05, 4.69) is 0 Å². The van der Waals surface area contributed by atoms with Crippen molar-refractivity contribution in [3.05, 3.63) is 35.4 Å². The lowest BCUT2D eigenvalue weighted by Gasteiger charge is -2.12. The third-order valence-electron chi connectivity index (χ3n) is 2.26. The molecule has 0 aliphatic rings. The standard InChI is InChI=1S/C11H11F3O2/c1-7(5-10(15)16)8-3-2-4-9(6-8)11(12,13)14/h2-4,6-7H,5H2,1H3,(H,15,16). The van der Waals surface area contributed by atoms with Crippen LogP contribution in [-0.2, 0) is 11.0 Å². The Morgan fingerprint density at radius 3 is 2.56 bits per heavy atom. The van der Waals surface area contributed by atoms with Crippen molar-refractivity contribution < 1.29 is 23.1 Å². The summed E-state index contributed by atoms with van der Waals surface area (Å²) in [5, 5.41) is 8.55. The normalized spacial score (nSPS) is 13.5. The molecule has 0 bridgehead atoms. The second kappa shape index (κ2) is 4.55. The van der Waals surface area contributed by atoms with E-state index in [0.717, 1.165) is 12.1 Å². The number of hydrogen-bond acceptors (Lipinski definition) is 1. The number of carbonyl (C=O) groups is 1. The minimum absolute atomic E-state index is 0.179. The zero-order valence-electron chi connectivity index (χ0n) is 8.58. The van der Waals surface area contributed by atoms with Gasteiger partial charge in [-0.2, -0.15) is 13.2 Å². The molecular weight excluding hydrogens is 221 g/mol. The molecule has 0 aromatic heterocycles. The fourth-order valence-electron chi connectivity index (χ4n) is 1.40. The van der Waals surface area contributed by atoms with Crippen LogP contribution in [-0.4, -0.2) is 11.1 Å². The molecule has 2 nitrogen and oxygen atoms in total. The molecule has 0 aliphatic heterocycles. The predicted octanol–water partition coefficient (Wildman–Crippen LogP) is 3.28. The minimum Gasteiger partial charge on any atom is -0.481 e. The number of rotatable bonds is 3. The van der Waals surface area contributed by atoms with Gasteiger partial charge in [-0.15, -0.1) is 0 Å². The van der Waals surface area contributed by atoms with Crippen LogP contribution in [0.1, 0.15) is 30.4 Å². The van der Waals surface area contributed by atoms with Gasteiger partial charge in [0.1, 0.15) is 0 Å². The SMILES string of the molecule is CC(CC(=O)O)c1cccc(C(F)(F)F)c1. The third kappa shape index (κ3) is 3.25. The van der Waals surface area contributed by atoms with Gasteiger partial charge in [-0.25, -0.2) is 0 Å². The highest BCUT2D eigenvalue weighted by molar-refractivity contribution is 5.67. The first-order valence-electron chi connectivity index (χ1n) is 4.69. The number of alkyl halides is 3. The average molecular weight is 232 g/mol. The molecular formula is C11H11F3O2. The lowest BCUT2D eigenvalue weighted by molar-refractivity contribution is -0.138. The first kappa shape index (κ1) is 12.5. The smallest absolute Gasteiger partial charge is 0.416 e. The minimum atomic E-state index is -4.39. The highest BCUT2D eigenvalue weighted by atomic mass is 19.4. The Morgan fingerprint density at radius 1 is 1.44 bits per heavy atom. The Balaban J connectivity index is 2.94. The van der Waals surface area contributed by atoms with Crippen molar-refractivity contribution in [2.45, 2.75) is 25.4 Å². The lowest BCUT2D eigenvalue weighted by Crippen LogP contribution is -2.07. The third-order valence-corrected chi connectivity index (χ3v) is 2.26. The van der Waals surface area contributed by atoms with Crippen LogP contribution in [0.3, 0.4) is 0 Å². The van der Waals surface area contributed by atoms with Crippen molar-refractivity contribution in [2.75, 3.05) is 0 Å². The van der Waals surface area contributed by atoms with E-state index in [4.69, 9.17) is 5.11 Å². The predicted molar refractivity (Wildman–Crippen MR) is 52.1 cm³/mol. The summed E-state index contributed by atoms with van der Waals surface area (Å²) in [5.74, 6) is -1.45. The molecule has 0 heterocycles. The van der Waals surface area contributed by atoms with Gasteiger partial charge in [0.15, 0.2) is 0 Å². The Kier molecular flexibility index (Phi) is 3.57. The molecule has 1 aromatic rings. The van der Waals surface area contributed by atoms with E-state index in [0.29, 0.717) is 5.56 Å². The average Bonchev–Trinajstić information content (AvgIpc) is 2.15. The number of carboxylic acid groups (broad SMARTS) is 1. The quantitative estimate of drug-likeness (QED) is 0.868. The zero-order valence-corrected chi connectivity index (χ0v) is 8.58. The molecule has 5 heteroatoms. The Morgan fingerprint density at radius 2 is 2.06 bits per heavy atom. The van der Waals surface area contributed by atoms with Gasteiger partial charge >= 0.3 is 12.1 Å². The van der Waals surface area contributed by atoms with Gasteiger partial charge in [0.2, 0.25) is 0 Å². The van der Waals surface area contributed by atoms with Gasteiger partial charge in [-0.1, -0.05) is 25.1 Å². The molecule has 0 saturated heterocycles. The van der Waals surface area contributed by atoms with Crippen molar-refractivity contribution in [1.29, 1.82) is 0 Å². The fraction of sp³-hybridized carbons (Fsp3) is 0.364. The van der Waals surface area contributed by atoms with Crippen LogP contribution in [0.4, 0.5) is 13.2 Å². The van der Waals surface area contributed by atoms with Gasteiger partial charge in [0.05, 0.1) is 12.0 Å². The molecule has 1 atom stereocenters. The van der Waals surface area contributed by atoms with Gasteiger partial charge in [-0.3, -0.25) is 4.79 Å². The van der Waals surface area contributed by atoms with Crippen LogP contribution < -0.4 is 0 Å². The summed E-state index contributed by atoms with van der Waals surface area (Å²) in [6.45, 7) is 1.59. The summed E-state index contributed by atoms with van der Waals surface area (Å²) >= 11 is 0. The first-order valence-corrected chi connectivity index (χ1v) is 4.69. The van der Waals surface area contributed by atoms with Crippen LogP contribution in [0.25, 0.3) is 0 Å². The van der Waals surface area contributed by atoms with E-state index in [1.807, 2.05) is 0 Å². The number of halogens is 3. The van der Waals surface area contributed by atoms with Crippen molar-refractivity contribution in [1.82, 2.24) is 0 Å². The van der Waals surface area contributed by atoms with Crippen molar-refractivity contribution in [3.63, 3.8) is 0 Å². The molecule has 16 heavy (non-hydrogen) atoms. The van der Waals surface area contributed by atoms with Gasteiger partial charge in [-0.05, 0) is 17.5 Å². The van der Waals surface area contributed by atoms with Gasteiger partial charge in [0.25, 0.3) is 0 Å². The van der Waals surface area contributed by atoms with Crippen molar-refractivity contribution in [2.24, 2.45) is 0 Å². The zero-order chi connectivity index (χ0) is 12.3. The van der Waals surface area contributed by atoms with Crippen LogP contribution in [0.5, 0.6) is 0 Å². The summed E-state index contributed by atoms with van der Waals surface area (Å²) < 4.78 is 37.1. The molecule has 1 aromatic carbocycles. The van der Waals surface area contributed by atoms with E-state index < -0.39 is 23.6 Å². The van der Waals surface area contributed by atoms with Crippen molar-refractivity contribution in [3.8, 4) is 0 Å². The van der Waals surface area contributed by atoms with E-state index >= 15 is 0 Å². The molecule has 0 aliphatic carbocycles. The highest BCUT2D eigenvalue weighted by Gasteiger charge is 2.30. The maximum absolute atomic E-state index is 12.4. The van der Waals surface area contributed by atoms with E-state index in [9.17, 15) is 18.0 Å². The Bertz CT molecular complexity index is 385. The summed E-state index contributed by atoms with van der Waals surface area (Å²) in [7, 11) is 0. The van der Waals surface area contributed by atoms with E-state index in [1.165, 1.54) is 12.1 Å². The molecule has 1 unspecified atom stereocenters.